The Balaban J connectivity index is 1.46. The molecule has 8 heteroatoms. The summed E-state index contributed by atoms with van der Waals surface area (Å²) in [7, 11) is 0. The summed E-state index contributed by atoms with van der Waals surface area (Å²) in [5.41, 5.74) is 2.23. The molecule has 4 heterocycles. The van der Waals surface area contributed by atoms with E-state index in [9.17, 15) is 14.4 Å². The monoisotopic (exact) mass is 425 g/mol. The van der Waals surface area contributed by atoms with Crippen LogP contribution in [0.15, 0.2) is 10.9 Å². The lowest BCUT2D eigenvalue weighted by atomic mass is 9.93. The Labute approximate surface area is 181 Å². The summed E-state index contributed by atoms with van der Waals surface area (Å²) in [5, 5.41) is 3.24. The molecule has 2 aromatic rings. The Kier molecular flexibility index (Phi) is 4.53. The van der Waals surface area contributed by atoms with Crippen LogP contribution >= 0.6 is 0 Å². The largest absolute Gasteiger partial charge is 0.336 e. The minimum atomic E-state index is -0.463. The zero-order chi connectivity index (χ0) is 22.1. The summed E-state index contributed by atoms with van der Waals surface area (Å²) < 4.78 is 1.51. The van der Waals surface area contributed by atoms with Crippen molar-refractivity contribution < 1.29 is 9.59 Å². The van der Waals surface area contributed by atoms with Gasteiger partial charge in [-0.15, -0.1) is 0 Å². The number of hydrogen-bond acceptors (Lipinski definition) is 4. The number of likely N-dealkylation sites (tertiary alicyclic amines) is 1. The van der Waals surface area contributed by atoms with Gasteiger partial charge in [-0.2, -0.15) is 0 Å². The highest BCUT2D eigenvalue weighted by Gasteiger charge is 2.44. The van der Waals surface area contributed by atoms with Crippen molar-refractivity contribution in [3.63, 3.8) is 0 Å². The van der Waals surface area contributed by atoms with Crippen LogP contribution in [0.5, 0.6) is 0 Å². The Morgan fingerprint density at radius 3 is 2.65 bits per heavy atom. The van der Waals surface area contributed by atoms with Gasteiger partial charge >= 0.3 is 0 Å². The Bertz CT molecular complexity index is 1120. The number of carbonyl (C=O) groups is 2. The molecule has 5 rings (SSSR count). The molecule has 3 aliphatic rings. The number of nitrogens with one attached hydrogen (secondary N) is 1. The molecule has 1 aliphatic carbocycles. The third-order valence-electron chi connectivity index (χ3n) is 7.04. The highest BCUT2D eigenvalue weighted by atomic mass is 16.2. The van der Waals surface area contributed by atoms with Gasteiger partial charge in [0.2, 0.25) is 11.8 Å². The Morgan fingerprint density at radius 1 is 1.23 bits per heavy atom. The van der Waals surface area contributed by atoms with Crippen molar-refractivity contribution in [2.75, 3.05) is 13.1 Å². The van der Waals surface area contributed by atoms with Crippen LogP contribution in [-0.4, -0.2) is 49.3 Å². The molecule has 31 heavy (non-hydrogen) atoms. The SMILES string of the molecule is C[C@H]1C[C@H]1C(=O)N1CCC[C@@H]1c1cc2nc3c(c(=O)n2[nH]1)CCN(C(=O)C(C)(C)C)C3. The summed E-state index contributed by atoms with van der Waals surface area (Å²) in [4.78, 5) is 47.3. The molecule has 8 nitrogen and oxygen atoms in total. The van der Waals surface area contributed by atoms with Gasteiger partial charge in [0.1, 0.15) is 0 Å². The van der Waals surface area contributed by atoms with E-state index < -0.39 is 5.41 Å². The van der Waals surface area contributed by atoms with Crippen LogP contribution in [0.3, 0.4) is 0 Å². The minimum absolute atomic E-state index is 0.0302. The van der Waals surface area contributed by atoms with Gasteiger partial charge in [0.25, 0.3) is 5.56 Å². The number of amides is 2. The summed E-state index contributed by atoms with van der Waals surface area (Å²) in [5.74, 6) is 0.949. The average molecular weight is 426 g/mol. The second kappa shape index (κ2) is 6.93. The van der Waals surface area contributed by atoms with Crippen molar-refractivity contribution in [2.24, 2.45) is 17.3 Å². The fraction of sp³-hybridized carbons (Fsp3) is 0.652. The zero-order valence-corrected chi connectivity index (χ0v) is 18.8. The molecule has 2 aliphatic heterocycles. The first kappa shape index (κ1) is 20.3. The number of carbonyl (C=O) groups excluding carboxylic acids is 2. The first-order chi connectivity index (χ1) is 14.6. The Hall–Kier alpha value is -2.64. The van der Waals surface area contributed by atoms with Gasteiger partial charge in [-0.3, -0.25) is 19.5 Å². The van der Waals surface area contributed by atoms with Crippen LogP contribution < -0.4 is 5.56 Å². The molecular formula is C23H31N5O3. The second-order valence-corrected chi connectivity index (χ2v) is 10.5. The van der Waals surface area contributed by atoms with E-state index in [0.717, 1.165) is 31.5 Å². The lowest BCUT2D eigenvalue weighted by Crippen LogP contribution is -2.44. The van der Waals surface area contributed by atoms with Gasteiger partial charge in [0, 0.05) is 36.1 Å². The number of aromatic amines is 1. The summed E-state index contributed by atoms with van der Waals surface area (Å²) in [6.45, 7) is 9.52. The minimum Gasteiger partial charge on any atom is -0.336 e. The van der Waals surface area contributed by atoms with E-state index in [1.807, 2.05) is 31.7 Å². The van der Waals surface area contributed by atoms with Gasteiger partial charge in [0.15, 0.2) is 5.65 Å². The van der Waals surface area contributed by atoms with Crippen LogP contribution in [0.1, 0.15) is 70.0 Å². The predicted molar refractivity (Wildman–Crippen MR) is 115 cm³/mol. The number of nitrogens with zero attached hydrogens (tertiary/aromatic N) is 4. The second-order valence-electron chi connectivity index (χ2n) is 10.5. The smallest absolute Gasteiger partial charge is 0.276 e. The number of H-pyrrole nitrogens is 1. The van der Waals surface area contributed by atoms with E-state index in [0.29, 0.717) is 42.3 Å². The molecule has 1 saturated heterocycles. The molecule has 166 valence electrons. The quantitative estimate of drug-likeness (QED) is 0.799. The molecule has 2 fully saturated rings. The van der Waals surface area contributed by atoms with E-state index in [2.05, 4.69) is 12.0 Å². The summed E-state index contributed by atoms with van der Waals surface area (Å²) in [6, 6.07) is 1.87. The predicted octanol–water partition coefficient (Wildman–Crippen LogP) is 2.27. The number of rotatable bonds is 2. The van der Waals surface area contributed by atoms with Gasteiger partial charge in [0.05, 0.1) is 24.0 Å². The molecule has 0 unspecified atom stereocenters. The van der Waals surface area contributed by atoms with Crippen molar-refractivity contribution in [3.8, 4) is 0 Å². The molecule has 1 N–H and O–H groups in total. The van der Waals surface area contributed by atoms with Crippen molar-refractivity contribution in [2.45, 2.75) is 66.0 Å². The van der Waals surface area contributed by atoms with E-state index in [1.54, 1.807) is 4.90 Å². The molecule has 0 bridgehead atoms. The first-order valence-electron chi connectivity index (χ1n) is 11.4. The van der Waals surface area contributed by atoms with E-state index in [-0.39, 0.29) is 29.3 Å². The third-order valence-corrected chi connectivity index (χ3v) is 7.04. The van der Waals surface area contributed by atoms with Crippen LogP contribution in [0.4, 0.5) is 0 Å². The van der Waals surface area contributed by atoms with Gasteiger partial charge in [-0.25, -0.2) is 9.50 Å². The van der Waals surface area contributed by atoms with E-state index in [1.165, 1.54) is 4.52 Å². The molecule has 0 radical (unpaired) electrons. The van der Waals surface area contributed by atoms with Crippen LogP contribution in [0, 0.1) is 17.3 Å². The molecule has 0 aromatic carbocycles. The maximum Gasteiger partial charge on any atom is 0.276 e. The summed E-state index contributed by atoms with van der Waals surface area (Å²) >= 11 is 0. The molecule has 2 amide bonds. The van der Waals surface area contributed by atoms with Crippen LogP contribution in [0.25, 0.3) is 5.65 Å². The number of aromatic nitrogens is 3. The Morgan fingerprint density at radius 2 is 1.97 bits per heavy atom. The average Bonchev–Trinajstić information content (AvgIpc) is 3.11. The highest BCUT2D eigenvalue weighted by Crippen LogP contribution is 2.43. The molecule has 3 atom stereocenters. The maximum absolute atomic E-state index is 13.2. The van der Waals surface area contributed by atoms with Crippen LogP contribution in [-0.2, 0) is 22.6 Å². The van der Waals surface area contributed by atoms with Crippen molar-refractivity contribution in [3.05, 3.63) is 33.4 Å². The van der Waals surface area contributed by atoms with Crippen LogP contribution in [0.2, 0.25) is 0 Å². The van der Waals surface area contributed by atoms with Gasteiger partial charge < -0.3 is 9.80 Å². The van der Waals surface area contributed by atoms with Crippen molar-refractivity contribution >= 4 is 17.5 Å². The number of hydrogen-bond donors (Lipinski definition) is 1. The van der Waals surface area contributed by atoms with Crippen molar-refractivity contribution in [1.82, 2.24) is 24.4 Å². The molecule has 0 spiro atoms. The number of fused-ring (bicyclic) bond motifs is 2. The lowest BCUT2D eigenvalue weighted by molar-refractivity contribution is -0.140. The zero-order valence-electron chi connectivity index (χ0n) is 18.8. The standard InChI is InChI=1S/C23H31N5O3/c1-13-10-15(13)20(29)27-8-5-6-18(27)16-11-19-24-17-12-26(22(31)23(2,3)4)9-7-14(17)21(30)28(19)25-16/h11,13,15,18,25H,5-10,12H2,1-4H3/t13-,15+,18+/m0/s1. The lowest BCUT2D eigenvalue weighted by Gasteiger charge is -2.32. The van der Waals surface area contributed by atoms with E-state index in [4.69, 9.17) is 4.98 Å². The topological polar surface area (TPSA) is 90.8 Å². The fourth-order valence-electron chi connectivity index (χ4n) is 5.06. The van der Waals surface area contributed by atoms with Gasteiger partial charge in [-0.1, -0.05) is 27.7 Å². The first-order valence-corrected chi connectivity index (χ1v) is 11.4. The summed E-state index contributed by atoms with van der Waals surface area (Å²) in [6.07, 6.45) is 3.34. The van der Waals surface area contributed by atoms with E-state index >= 15 is 0 Å². The normalized spacial score (nSPS) is 25.7. The molecular weight excluding hydrogens is 394 g/mol. The van der Waals surface area contributed by atoms with Gasteiger partial charge in [-0.05, 0) is 31.6 Å². The maximum atomic E-state index is 13.2. The van der Waals surface area contributed by atoms with Crippen molar-refractivity contribution in [1.29, 1.82) is 0 Å². The molecule has 2 aromatic heterocycles. The fourth-order valence-corrected chi connectivity index (χ4v) is 5.06. The highest BCUT2D eigenvalue weighted by molar-refractivity contribution is 5.82. The molecule has 1 saturated carbocycles. The third kappa shape index (κ3) is 3.36.